The number of aromatic nitrogens is 1. The van der Waals surface area contributed by atoms with E-state index >= 15 is 0 Å². The Morgan fingerprint density at radius 1 is 1.67 bits per heavy atom. The normalized spacial score (nSPS) is 9.92. The van der Waals surface area contributed by atoms with Gasteiger partial charge in [0.25, 0.3) is 0 Å². The van der Waals surface area contributed by atoms with E-state index in [9.17, 15) is 0 Å². The molecule has 1 heterocycles. The smallest absolute Gasteiger partial charge is 0.300 e. The van der Waals surface area contributed by atoms with Crippen molar-refractivity contribution in [2.24, 2.45) is 0 Å². The van der Waals surface area contributed by atoms with E-state index in [-0.39, 0.29) is 0 Å². The molecule has 0 saturated carbocycles. The first kappa shape index (κ1) is 8.99. The number of nitrogens with one attached hydrogen (secondary N) is 2. The quantitative estimate of drug-likeness (QED) is 0.681. The lowest BCUT2D eigenvalue weighted by Gasteiger charge is -2.09. The van der Waals surface area contributed by atoms with E-state index < -0.39 is 0 Å². The van der Waals surface area contributed by atoms with Crippen LogP contribution >= 0.6 is 12.2 Å². The van der Waals surface area contributed by atoms with Gasteiger partial charge in [0.15, 0.2) is 5.11 Å². The molecule has 0 radical (unpaired) electrons. The van der Waals surface area contributed by atoms with Crippen LogP contribution in [0.1, 0.15) is 13.8 Å². The van der Waals surface area contributed by atoms with Crippen molar-refractivity contribution in [2.75, 3.05) is 5.32 Å². The van der Waals surface area contributed by atoms with Crippen LogP contribution in [0.15, 0.2) is 16.9 Å². The summed E-state index contributed by atoms with van der Waals surface area (Å²) in [6.45, 7) is 4.01. The third-order valence-corrected chi connectivity index (χ3v) is 1.29. The van der Waals surface area contributed by atoms with E-state index in [4.69, 9.17) is 16.6 Å². The Morgan fingerprint density at radius 3 is 2.92 bits per heavy atom. The third kappa shape index (κ3) is 2.87. The van der Waals surface area contributed by atoms with E-state index in [1.807, 2.05) is 13.8 Å². The first-order valence-electron chi connectivity index (χ1n) is 3.65. The average Bonchev–Trinajstić information content (AvgIpc) is 2.37. The molecule has 5 heteroatoms. The standard InChI is InChI=1S/C7H11N3OS/c1-5(2)9-7(12)10-6-8-3-4-11-6/h3-5H,1-2H3,(H2,8,9,10,12). The molecule has 0 aliphatic heterocycles. The van der Waals surface area contributed by atoms with Crippen LogP contribution in [0, 0.1) is 0 Å². The highest BCUT2D eigenvalue weighted by Crippen LogP contribution is 2.00. The molecular weight excluding hydrogens is 174 g/mol. The molecule has 0 aliphatic carbocycles. The van der Waals surface area contributed by atoms with Crippen molar-refractivity contribution in [2.45, 2.75) is 19.9 Å². The van der Waals surface area contributed by atoms with E-state index in [2.05, 4.69) is 15.6 Å². The highest BCUT2D eigenvalue weighted by atomic mass is 32.1. The number of hydrogen-bond acceptors (Lipinski definition) is 3. The summed E-state index contributed by atoms with van der Waals surface area (Å²) in [5, 5.41) is 6.32. The minimum atomic E-state index is 0.306. The summed E-state index contributed by atoms with van der Waals surface area (Å²) in [5.41, 5.74) is 0. The third-order valence-electron chi connectivity index (χ3n) is 1.07. The first-order chi connectivity index (χ1) is 5.68. The van der Waals surface area contributed by atoms with E-state index in [1.165, 1.54) is 6.26 Å². The van der Waals surface area contributed by atoms with Gasteiger partial charge in [-0.25, -0.2) is 4.98 Å². The largest absolute Gasteiger partial charge is 0.432 e. The summed E-state index contributed by atoms with van der Waals surface area (Å²) in [4.78, 5) is 3.86. The molecule has 1 aromatic rings. The van der Waals surface area contributed by atoms with E-state index in [0.29, 0.717) is 17.2 Å². The van der Waals surface area contributed by atoms with Gasteiger partial charge in [0.05, 0.1) is 6.20 Å². The van der Waals surface area contributed by atoms with Crippen LogP contribution in [-0.4, -0.2) is 16.1 Å². The number of nitrogens with zero attached hydrogens (tertiary/aromatic N) is 1. The molecule has 0 amide bonds. The zero-order chi connectivity index (χ0) is 8.97. The van der Waals surface area contributed by atoms with Crippen LogP contribution in [0.5, 0.6) is 0 Å². The Bertz CT molecular complexity index is 245. The SMILES string of the molecule is CC(C)NC(=S)Nc1ncco1. The van der Waals surface area contributed by atoms with Crippen molar-refractivity contribution in [1.82, 2.24) is 10.3 Å². The molecule has 0 unspecified atom stereocenters. The molecule has 0 aromatic carbocycles. The van der Waals surface area contributed by atoms with Crippen molar-refractivity contribution in [3.8, 4) is 0 Å². The summed E-state index contributed by atoms with van der Waals surface area (Å²) in [6, 6.07) is 0.716. The molecule has 0 spiro atoms. The van der Waals surface area contributed by atoms with Crippen LogP contribution in [0.3, 0.4) is 0 Å². The van der Waals surface area contributed by atoms with Gasteiger partial charge >= 0.3 is 6.01 Å². The summed E-state index contributed by atoms with van der Waals surface area (Å²) >= 11 is 4.96. The molecule has 0 saturated heterocycles. The van der Waals surface area contributed by atoms with Crippen molar-refractivity contribution < 1.29 is 4.42 Å². The second-order valence-corrected chi connectivity index (χ2v) is 3.00. The molecule has 1 aromatic heterocycles. The monoisotopic (exact) mass is 185 g/mol. The van der Waals surface area contributed by atoms with Crippen LogP contribution in [0.2, 0.25) is 0 Å². The van der Waals surface area contributed by atoms with Crippen molar-refractivity contribution >= 4 is 23.3 Å². The predicted octanol–water partition coefficient (Wildman–Crippen LogP) is 1.37. The highest BCUT2D eigenvalue weighted by Gasteiger charge is 2.01. The number of hydrogen-bond donors (Lipinski definition) is 2. The molecule has 2 N–H and O–H groups in total. The van der Waals surface area contributed by atoms with Gasteiger partial charge in [-0.15, -0.1) is 0 Å². The minimum Gasteiger partial charge on any atom is -0.432 e. The lowest BCUT2D eigenvalue weighted by atomic mass is 10.4. The van der Waals surface area contributed by atoms with Crippen LogP contribution < -0.4 is 10.6 Å². The van der Waals surface area contributed by atoms with Gasteiger partial charge in [-0.05, 0) is 26.1 Å². The van der Waals surface area contributed by atoms with Gasteiger partial charge in [-0.1, -0.05) is 0 Å². The zero-order valence-corrected chi connectivity index (χ0v) is 7.81. The molecule has 1 rings (SSSR count). The lowest BCUT2D eigenvalue weighted by Crippen LogP contribution is -2.33. The van der Waals surface area contributed by atoms with Crippen molar-refractivity contribution in [1.29, 1.82) is 0 Å². The lowest BCUT2D eigenvalue weighted by molar-refractivity contribution is 0.578. The van der Waals surface area contributed by atoms with Gasteiger partial charge in [0.1, 0.15) is 6.26 Å². The second-order valence-electron chi connectivity index (χ2n) is 2.59. The maximum absolute atomic E-state index is 4.96. The van der Waals surface area contributed by atoms with Crippen LogP contribution in [0.4, 0.5) is 6.01 Å². The summed E-state index contributed by atoms with van der Waals surface area (Å²) in [6.07, 6.45) is 3.04. The molecule has 12 heavy (non-hydrogen) atoms. The van der Waals surface area contributed by atoms with Gasteiger partial charge in [-0.2, -0.15) is 0 Å². The number of rotatable bonds is 2. The summed E-state index contributed by atoms with van der Waals surface area (Å²) in [7, 11) is 0. The summed E-state index contributed by atoms with van der Waals surface area (Å²) < 4.78 is 4.94. The molecule has 0 aliphatic rings. The summed E-state index contributed by atoms with van der Waals surface area (Å²) in [5.74, 6) is 0. The Hall–Kier alpha value is -1.10. The molecule has 0 bridgehead atoms. The fourth-order valence-corrected chi connectivity index (χ4v) is 1.00. The molecule has 0 atom stereocenters. The Morgan fingerprint density at radius 2 is 2.42 bits per heavy atom. The highest BCUT2D eigenvalue weighted by molar-refractivity contribution is 7.80. The van der Waals surface area contributed by atoms with Crippen molar-refractivity contribution in [3.05, 3.63) is 12.5 Å². The van der Waals surface area contributed by atoms with Gasteiger partial charge in [0.2, 0.25) is 0 Å². The van der Waals surface area contributed by atoms with Gasteiger partial charge in [-0.3, -0.25) is 5.32 Å². The number of oxazole rings is 1. The minimum absolute atomic E-state index is 0.306. The van der Waals surface area contributed by atoms with E-state index in [0.717, 1.165) is 0 Å². The molecular formula is C7H11N3OS. The number of thiocarbonyl (C=S) groups is 1. The number of anilines is 1. The maximum Gasteiger partial charge on any atom is 0.300 e. The molecule has 0 fully saturated rings. The molecule has 4 nitrogen and oxygen atoms in total. The Balaban J connectivity index is 2.37. The zero-order valence-electron chi connectivity index (χ0n) is 7.00. The Kier molecular flexibility index (Phi) is 3.04. The van der Waals surface area contributed by atoms with Crippen LogP contribution in [-0.2, 0) is 0 Å². The fourth-order valence-electron chi connectivity index (χ4n) is 0.681. The molecule has 66 valence electrons. The predicted molar refractivity (Wildman–Crippen MR) is 51.0 cm³/mol. The fraction of sp³-hybridized carbons (Fsp3) is 0.429. The first-order valence-corrected chi connectivity index (χ1v) is 4.06. The van der Waals surface area contributed by atoms with E-state index in [1.54, 1.807) is 6.20 Å². The Labute approximate surface area is 76.4 Å². The average molecular weight is 185 g/mol. The second kappa shape index (κ2) is 4.06. The topological polar surface area (TPSA) is 50.1 Å². The van der Waals surface area contributed by atoms with Crippen molar-refractivity contribution in [3.63, 3.8) is 0 Å². The van der Waals surface area contributed by atoms with Gasteiger partial charge < -0.3 is 9.73 Å². The maximum atomic E-state index is 4.96. The van der Waals surface area contributed by atoms with Crippen LogP contribution in [0.25, 0.3) is 0 Å². The van der Waals surface area contributed by atoms with Gasteiger partial charge in [0, 0.05) is 6.04 Å².